The van der Waals surface area contributed by atoms with Crippen LogP contribution in [0, 0.1) is 6.92 Å². The summed E-state index contributed by atoms with van der Waals surface area (Å²) in [6.45, 7) is 12.5. The predicted molar refractivity (Wildman–Crippen MR) is 142 cm³/mol. The van der Waals surface area contributed by atoms with Crippen molar-refractivity contribution in [3.63, 3.8) is 0 Å². The van der Waals surface area contributed by atoms with Crippen LogP contribution in [0.5, 0.6) is 0 Å². The number of aromatic amines is 1. The maximum absolute atomic E-state index is 12.8. The standard InChI is InChI=1S/C26H32N8O2/c1-4-6-20(7-5-2)16-30-32-26(35)21-8-9-22-31-24(23-19(3)28-18-29-23)25(34(22)17-21)27-10-11-33-12-14-36-15-13-33/h4-9,16-18,27H,1,10-15H2,2-3H3,(H,28,29)(H,32,35)/b7-5-,20-6+,30-16+. The average molecular weight is 489 g/mol. The zero-order chi connectivity index (χ0) is 25.3. The molecule has 3 aromatic rings. The number of carbonyl (C=O) groups excluding carboxylic acids is 1. The highest BCUT2D eigenvalue weighted by Gasteiger charge is 2.19. The Morgan fingerprint density at radius 2 is 2.17 bits per heavy atom. The number of aryl methyl sites for hydroxylation is 1. The number of carbonyl (C=O) groups is 1. The Morgan fingerprint density at radius 3 is 2.89 bits per heavy atom. The molecule has 1 amide bonds. The average Bonchev–Trinajstić information content (AvgIpc) is 3.47. The normalized spacial score (nSPS) is 15.2. The maximum atomic E-state index is 12.8. The molecule has 0 spiro atoms. The fourth-order valence-corrected chi connectivity index (χ4v) is 3.98. The van der Waals surface area contributed by atoms with E-state index in [9.17, 15) is 4.79 Å². The summed E-state index contributed by atoms with van der Waals surface area (Å²) in [6.07, 6.45) is 12.3. The zero-order valence-corrected chi connectivity index (χ0v) is 20.7. The molecule has 3 aromatic heterocycles. The second-order valence-corrected chi connectivity index (χ2v) is 8.30. The lowest BCUT2D eigenvalue weighted by molar-refractivity contribution is 0.0398. The molecule has 1 saturated heterocycles. The summed E-state index contributed by atoms with van der Waals surface area (Å²) in [6, 6.07) is 3.56. The maximum Gasteiger partial charge on any atom is 0.272 e. The number of H-pyrrole nitrogens is 1. The molecule has 4 rings (SSSR count). The lowest BCUT2D eigenvalue weighted by Crippen LogP contribution is -2.39. The Kier molecular flexibility index (Phi) is 8.43. The Bertz CT molecular complexity index is 1290. The number of allylic oxidation sites excluding steroid dienone is 5. The molecule has 1 fully saturated rings. The Labute approximate surface area is 210 Å². The van der Waals surface area contributed by atoms with Crippen LogP contribution < -0.4 is 10.7 Å². The number of hydrogen-bond donors (Lipinski definition) is 3. The van der Waals surface area contributed by atoms with Gasteiger partial charge in [-0.2, -0.15) is 5.10 Å². The van der Waals surface area contributed by atoms with E-state index >= 15 is 0 Å². The quantitative estimate of drug-likeness (QED) is 0.230. The number of anilines is 1. The molecular formula is C26H32N8O2. The first-order valence-electron chi connectivity index (χ1n) is 12.0. The summed E-state index contributed by atoms with van der Waals surface area (Å²) >= 11 is 0. The van der Waals surface area contributed by atoms with Crippen molar-refractivity contribution in [3.05, 3.63) is 72.4 Å². The molecule has 10 heteroatoms. The van der Waals surface area contributed by atoms with E-state index in [0.29, 0.717) is 5.56 Å². The number of nitrogens with one attached hydrogen (secondary N) is 3. The Morgan fingerprint density at radius 1 is 1.33 bits per heavy atom. The number of rotatable bonds is 10. The number of hydrazone groups is 1. The summed E-state index contributed by atoms with van der Waals surface area (Å²) < 4.78 is 7.35. The Balaban J connectivity index is 1.58. The van der Waals surface area contributed by atoms with Crippen LogP contribution in [0.3, 0.4) is 0 Å². The summed E-state index contributed by atoms with van der Waals surface area (Å²) in [5.41, 5.74) is 7.05. The highest BCUT2D eigenvalue weighted by Crippen LogP contribution is 2.29. The fourth-order valence-electron chi connectivity index (χ4n) is 3.98. The van der Waals surface area contributed by atoms with Crippen molar-refractivity contribution in [3.8, 4) is 11.4 Å². The van der Waals surface area contributed by atoms with Crippen molar-refractivity contribution in [1.29, 1.82) is 0 Å². The minimum atomic E-state index is -0.321. The molecule has 1 aliphatic rings. The number of morpholine rings is 1. The number of hydrogen-bond acceptors (Lipinski definition) is 7. The monoisotopic (exact) mass is 488 g/mol. The molecule has 4 heterocycles. The highest BCUT2D eigenvalue weighted by atomic mass is 16.5. The van der Waals surface area contributed by atoms with E-state index in [-0.39, 0.29) is 5.91 Å². The van der Waals surface area contributed by atoms with E-state index in [2.05, 4.69) is 37.3 Å². The molecule has 0 atom stereocenters. The second kappa shape index (κ2) is 12.1. The molecule has 0 saturated carbocycles. The molecule has 3 N–H and O–H groups in total. The predicted octanol–water partition coefficient (Wildman–Crippen LogP) is 3.18. The van der Waals surface area contributed by atoms with Crippen molar-refractivity contribution in [2.45, 2.75) is 13.8 Å². The third-order valence-corrected chi connectivity index (χ3v) is 5.82. The van der Waals surface area contributed by atoms with E-state index in [1.807, 2.05) is 36.5 Å². The zero-order valence-electron chi connectivity index (χ0n) is 20.7. The van der Waals surface area contributed by atoms with E-state index in [1.54, 1.807) is 37.0 Å². The second-order valence-electron chi connectivity index (χ2n) is 8.30. The first-order valence-corrected chi connectivity index (χ1v) is 12.0. The SMILES string of the molecule is C=C/C=C(\C=C/C)/C=N/NC(=O)c1ccc2nc(-c3[nH]cnc3C)c(NCCN3CCOCC3)n2c1. The van der Waals surface area contributed by atoms with Gasteiger partial charge in [0.15, 0.2) is 0 Å². The highest BCUT2D eigenvalue weighted by molar-refractivity contribution is 5.95. The molecule has 36 heavy (non-hydrogen) atoms. The molecule has 188 valence electrons. The van der Waals surface area contributed by atoms with Crippen LogP contribution in [0.4, 0.5) is 5.82 Å². The van der Waals surface area contributed by atoms with Gasteiger partial charge >= 0.3 is 0 Å². The lowest BCUT2D eigenvalue weighted by Gasteiger charge is -2.26. The first-order chi connectivity index (χ1) is 17.6. The number of pyridine rings is 1. The van der Waals surface area contributed by atoms with E-state index in [0.717, 1.165) is 73.5 Å². The van der Waals surface area contributed by atoms with Gasteiger partial charge in [-0.1, -0.05) is 30.9 Å². The van der Waals surface area contributed by atoms with Crippen LogP contribution in [0.15, 0.2) is 66.2 Å². The van der Waals surface area contributed by atoms with Gasteiger partial charge in [-0.3, -0.25) is 14.1 Å². The molecule has 1 aliphatic heterocycles. The van der Waals surface area contributed by atoms with Crippen LogP contribution in [0.2, 0.25) is 0 Å². The third-order valence-electron chi connectivity index (χ3n) is 5.82. The smallest absolute Gasteiger partial charge is 0.272 e. The Hall–Kier alpha value is -4.02. The molecule has 0 bridgehead atoms. The molecule has 10 nitrogen and oxygen atoms in total. The largest absolute Gasteiger partial charge is 0.379 e. The number of nitrogens with zero attached hydrogens (tertiary/aromatic N) is 5. The van der Waals surface area contributed by atoms with Gasteiger partial charge in [-0.25, -0.2) is 15.4 Å². The van der Waals surface area contributed by atoms with Crippen molar-refractivity contribution in [1.82, 2.24) is 29.7 Å². The van der Waals surface area contributed by atoms with E-state index in [4.69, 9.17) is 9.72 Å². The lowest BCUT2D eigenvalue weighted by atomic mass is 10.2. The summed E-state index contributed by atoms with van der Waals surface area (Å²) in [7, 11) is 0. The van der Waals surface area contributed by atoms with Crippen molar-refractivity contribution >= 4 is 23.6 Å². The van der Waals surface area contributed by atoms with E-state index < -0.39 is 0 Å². The summed E-state index contributed by atoms with van der Waals surface area (Å²) in [5.74, 6) is 0.479. The van der Waals surface area contributed by atoms with Crippen LogP contribution in [0.25, 0.3) is 17.0 Å². The molecular weight excluding hydrogens is 456 g/mol. The van der Waals surface area contributed by atoms with Crippen LogP contribution >= 0.6 is 0 Å². The number of ether oxygens (including phenoxy) is 1. The van der Waals surface area contributed by atoms with Crippen LogP contribution in [0.1, 0.15) is 23.0 Å². The summed E-state index contributed by atoms with van der Waals surface area (Å²) in [4.78, 5) is 27.5. The van der Waals surface area contributed by atoms with Gasteiger partial charge in [0.2, 0.25) is 0 Å². The third kappa shape index (κ3) is 5.96. The van der Waals surface area contributed by atoms with Crippen LogP contribution in [-0.4, -0.2) is 75.8 Å². The van der Waals surface area contributed by atoms with E-state index in [1.165, 1.54) is 0 Å². The minimum Gasteiger partial charge on any atom is -0.379 e. The van der Waals surface area contributed by atoms with Gasteiger partial charge in [-0.05, 0) is 31.6 Å². The molecule has 0 aliphatic carbocycles. The number of fused-ring (bicyclic) bond motifs is 1. The number of amides is 1. The fraction of sp³-hybridized carbons (Fsp3) is 0.308. The first kappa shape index (κ1) is 25.1. The molecule has 0 unspecified atom stereocenters. The van der Waals surface area contributed by atoms with Gasteiger partial charge in [0, 0.05) is 32.4 Å². The van der Waals surface area contributed by atoms with Crippen molar-refractivity contribution < 1.29 is 9.53 Å². The van der Waals surface area contributed by atoms with Gasteiger partial charge in [-0.15, -0.1) is 0 Å². The van der Waals surface area contributed by atoms with Crippen LogP contribution in [-0.2, 0) is 4.74 Å². The number of imidazole rings is 2. The number of aromatic nitrogens is 4. The summed E-state index contributed by atoms with van der Waals surface area (Å²) in [5, 5.41) is 7.62. The van der Waals surface area contributed by atoms with Gasteiger partial charge in [0.1, 0.15) is 17.2 Å². The van der Waals surface area contributed by atoms with Crippen molar-refractivity contribution in [2.24, 2.45) is 5.10 Å². The topological polar surface area (TPSA) is 112 Å². The van der Waals surface area contributed by atoms with Gasteiger partial charge in [0.05, 0.1) is 42.7 Å². The molecule has 0 aromatic carbocycles. The van der Waals surface area contributed by atoms with Gasteiger partial charge < -0.3 is 15.0 Å². The molecule has 0 radical (unpaired) electrons. The van der Waals surface area contributed by atoms with Crippen molar-refractivity contribution in [2.75, 3.05) is 44.7 Å². The minimum absolute atomic E-state index is 0.321. The van der Waals surface area contributed by atoms with Gasteiger partial charge in [0.25, 0.3) is 5.91 Å².